The number of anilines is 3. The van der Waals surface area contributed by atoms with Crippen molar-refractivity contribution < 1.29 is 9.90 Å². The Balaban J connectivity index is 1.39. The van der Waals surface area contributed by atoms with E-state index in [2.05, 4.69) is 26.4 Å². The lowest BCUT2D eigenvalue weighted by molar-refractivity contribution is -0.120. The highest BCUT2D eigenvalue weighted by molar-refractivity contribution is 6.00. The van der Waals surface area contributed by atoms with E-state index >= 15 is 0 Å². The fourth-order valence-electron chi connectivity index (χ4n) is 4.18. The highest BCUT2D eigenvalue weighted by atomic mass is 16.3. The summed E-state index contributed by atoms with van der Waals surface area (Å²) >= 11 is 0. The molecule has 33 heavy (non-hydrogen) atoms. The molecule has 0 saturated carbocycles. The van der Waals surface area contributed by atoms with Gasteiger partial charge in [0.1, 0.15) is 5.82 Å². The number of aromatic nitrogens is 4. The minimum Gasteiger partial charge on any atom is -0.395 e. The number of fused-ring (bicyclic) bond motifs is 1. The molecule has 166 valence electrons. The van der Waals surface area contributed by atoms with Gasteiger partial charge in [-0.2, -0.15) is 5.10 Å². The van der Waals surface area contributed by atoms with Crippen molar-refractivity contribution in [2.24, 2.45) is 7.05 Å². The lowest BCUT2D eigenvalue weighted by atomic mass is 9.98. The van der Waals surface area contributed by atoms with Crippen LogP contribution < -0.4 is 10.2 Å². The second-order valence-corrected chi connectivity index (χ2v) is 7.96. The first-order valence-corrected chi connectivity index (χ1v) is 10.8. The zero-order valence-corrected chi connectivity index (χ0v) is 18.2. The Labute approximate surface area is 191 Å². The third-order valence-corrected chi connectivity index (χ3v) is 5.94. The Kier molecular flexibility index (Phi) is 5.58. The number of aryl methyl sites for hydroxylation is 1. The van der Waals surface area contributed by atoms with Crippen molar-refractivity contribution in [1.29, 1.82) is 0 Å². The van der Waals surface area contributed by atoms with Gasteiger partial charge in [-0.15, -0.1) is 0 Å². The molecular weight excluding hydrogens is 416 g/mol. The Morgan fingerprint density at radius 2 is 1.97 bits per heavy atom. The number of rotatable bonds is 6. The van der Waals surface area contributed by atoms with Gasteiger partial charge in [0.25, 0.3) is 0 Å². The van der Waals surface area contributed by atoms with Crippen LogP contribution in [0, 0.1) is 0 Å². The number of benzene rings is 2. The number of amides is 1. The second kappa shape index (κ2) is 8.84. The van der Waals surface area contributed by atoms with Gasteiger partial charge in [0.05, 0.1) is 24.4 Å². The lowest BCUT2D eigenvalue weighted by Gasteiger charge is -2.23. The van der Waals surface area contributed by atoms with Gasteiger partial charge in [-0.05, 0) is 35.7 Å². The summed E-state index contributed by atoms with van der Waals surface area (Å²) < 4.78 is 1.71. The summed E-state index contributed by atoms with van der Waals surface area (Å²) in [4.78, 5) is 24.0. The van der Waals surface area contributed by atoms with E-state index in [0.29, 0.717) is 12.5 Å². The van der Waals surface area contributed by atoms with Crippen LogP contribution in [0.1, 0.15) is 17.0 Å². The van der Waals surface area contributed by atoms with Gasteiger partial charge in [-0.3, -0.25) is 9.48 Å². The normalized spacial score (nSPS) is 13.6. The monoisotopic (exact) mass is 440 g/mol. The van der Waals surface area contributed by atoms with E-state index in [1.165, 1.54) is 0 Å². The van der Waals surface area contributed by atoms with Crippen molar-refractivity contribution in [1.82, 2.24) is 19.7 Å². The van der Waals surface area contributed by atoms with Crippen molar-refractivity contribution in [3.8, 4) is 11.3 Å². The van der Waals surface area contributed by atoms with Crippen molar-refractivity contribution in [3.05, 3.63) is 84.2 Å². The van der Waals surface area contributed by atoms with Gasteiger partial charge in [-0.25, -0.2) is 9.97 Å². The molecule has 8 nitrogen and oxygen atoms in total. The molecule has 4 aromatic rings. The fourth-order valence-corrected chi connectivity index (χ4v) is 4.18. The number of nitrogens with zero attached hydrogens (tertiary/aromatic N) is 5. The Bertz CT molecular complexity index is 1290. The van der Waals surface area contributed by atoms with Gasteiger partial charge >= 0.3 is 0 Å². The first-order valence-electron chi connectivity index (χ1n) is 10.8. The summed E-state index contributed by atoms with van der Waals surface area (Å²) in [7, 11) is 1.85. The SMILES string of the molecule is Cn1nccc1Nc1nccc(-c2ccc3c(c2)CCN3C(=O)C(CO)c2ccccc2)n1. The largest absolute Gasteiger partial charge is 0.395 e. The Hall–Kier alpha value is -4.04. The van der Waals surface area contributed by atoms with Gasteiger partial charge in [0, 0.05) is 37.1 Å². The standard InChI is InChI=1S/C25H24N6O2/c1-30-23(10-13-27-30)29-25-26-12-9-21(28-25)18-7-8-22-19(15-18)11-14-31(22)24(33)20(16-32)17-5-3-2-4-6-17/h2-10,12-13,15,20,32H,11,14,16H2,1H3,(H,26,28,29). The Morgan fingerprint density at radius 1 is 1.12 bits per heavy atom. The smallest absolute Gasteiger partial charge is 0.236 e. The quantitative estimate of drug-likeness (QED) is 0.478. The maximum absolute atomic E-state index is 13.2. The molecule has 2 aromatic heterocycles. The highest BCUT2D eigenvalue weighted by Crippen LogP contribution is 2.34. The summed E-state index contributed by atoms with van der Waals surface area (Å²) in [5.41, 5.74) is 4.55. The van der Waals surface area contributed by atoms with Crippen LogP contribution in [0.15, 0.2) is 73.1 Å². The maximum atomic E-state index is 13.2. The van der Waals surface area contributed by atoms with Crippen LogP contribution in [0.25, 0.3) is 11.3 Å². The molecule has 5 rings (SSSR count). The average molecular weight is 441 g/mol. The summed E-state index contributed by atoms with van der Waals surface area (Å²) in [6.07, 6.45) is 4.18. The molecule has 1 aliphatic heterocycles. The molecule has 0 saturated heterocycles. The van der Waals surface area contributed by atoms with E-state index in [-0.39, 0.29) is 12.5 Å². The number of aliphatic hydroxyl groups is 1. The van der Waals surface area contributed by atoms with Gasteiger partial charge in [-0.1, -0.05) is 36.4 Å². The molecule has 0 aliphatic carbocycles. The number of hydrogen-bond acceptors (Lipinski definition) is 6. The van der Waals surface area contributed by atoms with Gasteiger partial charge in [0.15, 0.2) is 0 Å². The third-order valence-electron chi connectivity index (χ3n) is 5.94. The fraction of sp³-hybridized carbons (Fsp3) is 0.200. The predicted octanol–water partition coefficient (Wildman–Crippen LogP) is 3.29. The first-order chi connectivity index (χ1) is 16.1. The first kappa shape index (κ1) is 20.8. The summed E-state index contributed by atoms with van der Waals surface area (Å²) in [5.74, 6) is 0.633. The maximum Gasteiger partial charge on any atom is 0.236 e. The molecule has 1 aliphatic rings. The number of nitrogens with one attached hydrogen (secondary N) is 1. The molecule has 0 radical (unpaired) electrons. The molecule has 1 atom stereocenters. The summed E-state index contributed by atoms with van der Waals surface area (Å²) in [6, 6.07) is 19.2. The number of carbonyl (C=O) groups excluding carboxylic acids is 1. The summed E-state index contributed by atoms with van der Waals surface area (Å²) in [6.45, 7) is 0.373. The van der Waals surface area contributed by atoms with Crippen molar-refractivity contribution in [3.63, 3.8) is 0 Å². The number of hydrogen-bond donors (Lipinski definition) is 2. The molecule has 8 heteroatoms. The van der Waals surface area contributed by atoms with Crippen LogP contribution in [0.2, 0.25) is 0 Å². The summed E-state index contributed by atoms with van der Waals surface area (Å²) in [5, 5.41) is 17.2. The van der Waals surface area contributed by atoms with Crippen LogP contribution in [0.4, 0.5) is 17.5 Å². The molecular formula is C25H24N6O2. The van der Waals surface area contributed by atoms with E-state index in [1.54, 1.807) is 22.0 Å². The molecule has 2 N–H and O–H groups in total. The van der Waals surface area contributed by atoms with Gasteiger partial charge in [0.2, 0.25) is 11.9 Å². The van der Waals surface area contributed by atoms with Gasteiger partial charge < -0.3 is 15.3 Å². The molecule has 1 unspecified atom stereocenters. The van der Waals surface area contributed by atoms with Crippen molar-refractivity contribution in [2.45, 2.75) is 12.3 Å². The molecule has 1 amide bonds. The van der Waals surface area contributed by atoms with Crippen LogP contribution in [-0.4, -0.2) is 43.9 Å². The van der Waals surface area contributed by atoms with E-state index in [0.717, 1.165) is 40.3 Å². The Morgan fingerprint density at radius 3 is 2.73 bits per heavy atom. The lowest BCUT2D eigenvalue weighted by Crippen LogP contribution is -2.35. The predicted molar refractivity (Wildman–Crippen MR) is 126 cm³/mol. The second-order valence-electron chi connectivity index (χ2n) is 7.96. The zero-order chi connectivity index (χ0) is 22.8. The van der Waals surface area contributed by atoms with Crippen LogP contribution >= 0.6 is 0 Å². The topological polar surface area (TPSA) is 96.2 Å². The minimum atomic E-state index is -0.570. The molecule has 0 spiro atoms. The third kappa shape index (κ3) is 4.08. The number of aliphatic hydroxyl groups excluding tert-OH is 1. The highest BCUT2D eigenvalue weighted by Gasteiger charge is 2.31. The molecule has 3 heterocycles. The van der Waals surface area contributed by atoms with E-state index in [9.17, 15) is 9.90 Å². The van der Waals surface area contributed by atoms with Crippen LogP contribution in [0.5, 0.6) is 0 Å². The average Bonchev–Trinajstić information content (AvgIpc) is 3.46. The molecule has 2 aromatic carbocycles. The van der Waals surface area contributed by atoms with Crippen LogP contribution in [0.3, 0.4) is 0 Å². The van der Waals surface area contributed by atoms with E-state index < -0.39 is 5.92 Å². The molecule has 0 bridgehead atoms. The zero-order valence-electron chi connectivity index (χ0n) is 18.2. The van der Waals surface area contributed by atoms with E-state index in [4.69, 9.17) is 0 Å². The number of carbonyl (C=O) groups is 1. The molecule has 0 fully saturated rings. The van der Waals surface area contributed by atoms with E-state index in [1.807, 2.05) is 61.6 Å². The minimum absolute atomic E-state index is 0.0834. The van der Waals surface area contributed by atoms with Crippen LogP contribution in [-0.2, 0) is 18.3 Å². The van der Waals surface area contributed by atoms with Crippen molar-refractivity contribution >= 4 is 23.4 Å². The van der Waals surface area contributed by atoms with Crippen molar-refractivity contribution in [2.75, 3.05) is 23.4 Å².